The molecule has 1 aliphatic rings. The Hall–Kier alpha value is -0.940. The molecular weight excluding hydrogens is 270 g/mol. The minimum atomic E-state index is 0.161. The van der Waals surface area contributed by atoms with Gasteiger partial charge in [-0.1, -0.05) is 23.4 Å². The summed E-state index contributed by atoms with van der Waals surface area (Å²) in [6, 6.07) is 1.66. The van der Waals surface area contributed by atoms with Crippen LogP contribution in [0.1, 0.15) is 19.3 Å². The highest BCUT2D eigenvalue weighted by atomic mass is 35.5. The van der Waals surface area contributed by atoms with Gasteiger partial charge >= 0.3 is 0 Å². The van der Waals surface area contributed by atoms with Crippen molar-refractivity contribution in [1.29, 1.82) is 0 Å². The number of piperidine rings is 1. The maximum atomic E-state index is 12.0. The standard InChI is InChI=1S/C12H16ClN3OS/c13-10-6-9(14)7-15-12(10)18-8-11(17)16-4-2-1-3-5-16/h6-7H,1-5,8,14H2. The summed E-state index contributed by atoms with van der Waals surface area (Å²) < 4.78 is 0. The van der Waals surface area contributed by atoms with Crippen molar-refractivity contribution in [3.63, 3.8) is 0 Å². The third-order valence-electron chi connectivity index (χ3n) is 2.87. The van der Waals surface area contributed by atoms with Gasteiger partial charge in [0.2, 0.25) is 5.91 Å². The van der Waals surface area contributed by atoms with Gasteiger partial charge in [0, 0.05) is 13.1 Å². The first-order chi connectivity index (χ1) is 8.66. The molecule has 2 N–H and O–H groups in total. The summed E-state index contributed by atoms with van der Waals surface area (Å²) >= 11 is 7.38. The minimum Gasteiger partial charge on any atom is -0.397 e. The number of hydrogen-bond acceptors (Lipinski definition) is 4. The van der Waals surface area contributed by atoms with Gasteiger partial charge in [0.05, 0.1) is 22.7 Å². The van der Waals surface area contributed by atoms with Gasteiger partial charge in [-0.25, -0.2) is 4.98 Å². The molecule has 0 aliphatic carbocycles. The van der Waals surface area contributed by atoms with Crippen LogP contribution in [0.3, 0.4) is 0 Å². The topological polar surface area (TPSA) is 59.2 Å². The van der Waals surface area contributed by atoms with Crippen LogP contribution in [0.25, 0.3) is 0 Å². The van der Waals surface area contributed by atoms with E-state index in [1.807, 2.05) is 4.90 Å². The second kappa shape index (κ2) is 6.29. The Kier molecular flexibility index (Phi) is 4.72. The molecule has 1 aromatic rings. The zero-order valence-corrected chi connectivity index (χ0v) is 11.6. The average Bonchev–Trinajstić information content (AvgIpc) is 2.38. The van der Waals surface area contributed by atoms with Crippen molar-refractivity contribution >= 4 is 35.0 Å². The van der Waals surface area contributed by atoms with Gasteiger partial charge in [-0.15, -0.1) is 0 Å². The van der Waals surface area contributed by atoms with Gasteiger partial charge < -0.3 is 10.6 Å². The van der Waals surface area contributed by atoms with Gasteiger partial charge in [0.15, 0.2) is 0 Å². The maximum absolute atomic E-state index is 12.0. The zero-order valence-electron chi connectivity index (χ0n) is 10.1. The van der Waals surface area contributed by atoms with Crippen LogP contribution >= 0.6 is 23.4 Å². The molecule has 0 unspecified atom stereocenters. The van der Waals surface area contributed by atoms with Crippen LogP contribution in [0.5, 0.6) is 0 Å². The number of nitrogens with zero attached hydrogens (tertiary/aromatic N) is 2. The van der Waals surface area contributed by atoms with Crippen molar-refractivity contribution in [1.82, 2.24) is 9.88 Å². The van der Waals surface area contributed by atoms with Gasteiger partial charge in [-0.3, -0.25) is 4.79 Å². The summed E-state index contributed by atoms with van der Waals surface area (Å²) in [6.45, 7) is 1.75. The molecule has 1 amide bonds. The number of nitrogens with two attached hydrogens (primary N) is 1. The third kappa shape index (κ3) is 3.53. The zero-order chi connectivity index (χ0) is 13.0. The first-order valence-corrected chi connectivity index (χ1v) is 7.35. The van der Waals surface area contributed by atoms with E-state index in [0.29, 0.717) is 21.5 Å². The lowest BCUT2D eigenvalue weighted by molar-refractivity contribution is -0.129. The van der Waals surface area contributed by atoms with Crippen molar-refractivity contribution in [3.05, 3.63) is 17.3 Å². The summed E-state index contributed by atoms with van der Waals surface area (Å²) in [6.07, 6.45) is 5.00. The summed E-state index contributed by atoms with van der Waals surface area (Å²) in [5, 5.41) is 1.17. The molecule has 0 bridgehead atoms. The number of hydrogen-bond donors (Lipinski definition) is 1. The number of carbonyl (C=O) groups excluding carboxylic acids is 1. The number of rotatable bonds is 3. The second-order valence-electron chi connectivity index (χ2n) is 4.29. The Morgan fingerprint density at radius 1 is 1.44 bits per heavy atom. The molecule has 1 aromatic heterocycles. The van der Waals surface area contributed by atoms with E-state index in [0.717, 1.165) is 25.9 Å². The summed E-state index contributed by atoms with van der Waals surface area (Å²) in [7, 11) is 0. The number of nitrogen functional groups attached to an aromatic ring is 1. The lowest BCUT2D eigenvalue weighted by Crippen LogP contribution is -2.36. The fourth-order valence-electron chi connectivity index (χ4n) is 1.91. The van der Waals surface area contributed by atoms with Gasteiger partial charge in [0.1, 0.15) is 5.03 Å². The van der Waals surface area contributed by atoms with Gasteiger partial charge in [-0.05, 0) is 25.3 Å². The monoisotopic (exact) mass is 285 g/mol. The van der Waals surface area contributed by atoms with Crippen LogP contribution in [0, 0.1) is 0 Å². The maximum Gasteiger partial charge on any atom is 0.232 e. The van der Waals surface area contributed by atoms with Crippen molar-refractivity contribution < 1.29 is 4.79 Å². The van der Waals surface area contributed by atoms with E-state index in [1.165, 1.54) is 18.2 Å². The largest absolute Gasteiger partial charge is 0.397 e. The normalized spacial score (nSPS) is 15.7. The number of likely N-dealkylation sites (tertiary alicyclic amines) is 1. The van der Waals surface area contributed by atoms with Crippen molar-refractivity contribution in [2.45, 2.75) is 24.3 Å². The van der Waals surface area contributed by atoms with E-state index in [9.17, 15) is 4.79 Å². The predicted octanol–water partition coefficient (Wildman–Crippen LogP) is 2.42. The van der Waals surface area contributed by atoms with Crippen LogP contribution < -0.4 is 5.73 Å². The van der Waals surface area contributed by atoms with Crippen molar-refractivity contribution in [2.75, 3.05) is 24.6 Å². The van der Waals surface area contributed by atoms with Crippen LogP contribution in [0.4, 0.5) is 5.69 Å². The summed E-state index contributed by atoms with van der Waals surface area (Å²) in [5.74, 6) is 0.547. The van der Waals surface area contributed by atoms with E-state index in [2.05, 4.69) is 4.98 Å². The Morgan fingerprint density at radius 3 is 2.83 bits per heavy atom. The molecule has 0 spiro atoms. The number of halogens is 1. The lowest BCUT2D eigenvalue weighted by Gasteiger charge is -2.26. The molecule has 1 saturated heterocycles. The van der Waals surface area contributed by atoms with E-state index >= 15 is 0 Å². The molecule has 6 heteroatoms. The van der Waals surface area contributed by atoms with E-state index in [1.54, 1.807) is 12.3 Å². The minimum absolute atomic E-state index is 0.161. The molecule has 2 heterocycles. The number of carbonyl (C=O) groups is 1. The molecule has 0 radical (unpaired) electrons. The number of amides is 1. The molecule has 98 valence electrons. The molecule has 2 rings (SSSR count). The van der Waals surface area contributed by atoms with Crippen LogP contribution in [-0.4, -0.2) is 34.6 Å². The highest BCUT2D eigenvalue weighted by Crippen LogP contribution is 2.26. The van der Waals surface area contributed by atoms with Crippen molar-refractivity contribution in [2.24, 2.45) is 0 Å². The first kappa shape index (κ1) is 13.5. The number of thioether (sulfide) groups is 1. The third-order valence-corrected chi connectivity index (χ3v) is 4.26. The second-order valence-corrected chi connectivity index (χ2v) is 5.66. The van der Waals surface area contributed by atoms with E-state index in [4.69, 9.17) is 17.3 Å². The summed E-state index contributed by atoms with van der Waals surface area (Å²) in [4.78, 5) is 18.0. The average molecular weight is 286 g/mol. The SMILES string of the molecule is Nc1cnc(SCC(=O)N2CCCCC2)c(Cl)c1. The highest BCUT2D eigenvalue weighted by Gasteiger charge is 2.17. The molecule has 18 heavy (non-hydrogen) atoms. The van der Waals surface area contributed by atoms with Crippen LogP contribution in [-0.2, 0) is 4.79 Å². The quantitative estimate of drug-likeness (QED) is 0.867. The Balaban J connectivity index is 1.88. The Morgan fingerprint density at radius 2 is 2.17 bits per heavy atom. The van der Waals surface area contributed by atoms with Crippen LogP contribution in [0.2, 0.25) is 5.02 Å². The Bertz CT molecular complexity index is 435. The molecule has 0 saturated carbocycles. The molecular formula is C12H16ClN3OS. The highest BCUT2D eigenvalue weighted by molar-refractivity contribution is 8.00. The van der Waals surface area contributed by atoms with Gasteiger partial charge in [-0.2, -0.15) is 0 Å². The lowest BCUT2D eigenvalue weighted by atomic mass is 10.1. The van der Waals surface area contributed by atoms with E-state index in [-0.39, 0.29) is 5.91 Å². The molecule has 1 fully saturated rings. The molecule has 0 atom stereocenters. The fraction of sp³-hybridized carbons (Fsp3) is 0.500. The van der Waals surface area contributed by atoms with Crippen molar-refractivity contribution in [3.8, 4) is 0 Å². The van der Waals surface area contributed by atoms with E-state index < -0.39 is 0 Å². The van der Waals surface area contributed by atoms with Gasteiger partial charge in [0.25, 0.3) is 0 Å². The molecule has 1 aliphatic heterocycles. The molecule has 0 aromatic carbocycles. The number of anilines is 1. The summed E-state index contributed by atoms with van der Waals surface area (Å²) in [5.41, 5.74) is 6.10. The Labute approximate surface area is 116 Å². The number of pyridine rings is 1. The first-order valence-electron chi connectivity index (χ1n) is 5.98. The predicted molar refractivity (Wildman–Crippen MR) is 74.8 cm³/mol. The smallest absolute Gasteiger partial charge is 0.232 e. The van der Waals surface area contributed by atoms with Crippen LogP contribution in [0.15, 0.2) is 17.3 Å². The number of aromatic nitrogens is 1. The fourth-order valence-corrected chi connectivity index (χ4v) is 3.02. The molecule has 4 nitrogen and oxygen atoms in total.